The maximum Gasteiger partial charge on any atom is 0.336 e. The van der Waals surface area contributed by atoms with Gasteiger partial charge in [0, 0.05) is 29.0 Å². The van der Waals surface area contributed by atoms with Crippen LogP contribution in [-0.2, 0) is 15.3 Å². The van der Waals surface area contributed by atoms with Crippen LogP contribution in [0.3, 0.4) is 0 Å². The Labute approximate surface area is 217 Å². The third-order valence-electron chi connectivity index (χ3n) is 5.52. The molecule has 3 aromatic carbocycles. The standard InChI is InChI=1S/C28H25NO7S/c1-34-20-9-7-19(8-10-20)23-14-27(31)36-25-13-21(11-12-22(23)25)35-15-26(30)29-24(28(32)33)17-37-16-18-5-3-2-4-6-18/h2-14,24H,15-17H2,1H3,(H,29,30)(H,32,33). The number of thioether (sulfide) groups is 1. The van der Waals surface area contributed by atoms with Gasteiger partial charge < -0.3 is 24.3 Å². The summed E-state index contributed by atoms with van der Waals surface area (Å²) in [5.41, 5.74) is 2.36. The Morgan fingerprint density at radius 2 is 1.73 bits per heavy atom. The van der Waals surface area contributed by atoms with Crippen molar-refractivity contribution >= 4 is 34.6 Å². The van der Waals surface area contributed by atoms with Crippen molar-refractivity contribution in [1.82, 2.24) is 5.32 Å². The lowest BCUT2D eigenvalue weighted by molar-refractivity contribution is -0.141. The molecule has 0 aliphatic heterocycles. The molecule has 1 atom stereocenters. The molecule has 1 aromatic heterocycles. The van der Waals surface area contributed by atoms with Gasteiger partial charge in [-0.05, 0) is 41.0 Å². The quantitative estimate of drug-likeness (QED) is 0.281. The van der Waals surface area contributed by atoms with Gasteiger partial charge in [-0.3, -0.25) is 4.79 Å². The van der Waals surface area contributed by atoms with Crippen LogP contribution >= 0.6 is 11.8 Å². The first kappa shape index (κ1) is 25.8. The van der Waals surface area contributed by atoms with Gasteiger partial charge in [0.1, 0.15) is 23.1 Å². The lowest BCUT2D eigenvalue weighted by atomic mass is 10.0. The molecular weight excluding hydrogens is 494 g/mol. The fraction of sp³-hybridized carbons (Fsp3) is 0.179. The van der Waals surface area contributed by atoms with E-state index in [-0.39, 0.29) is 12.4 Å². The average Bonchev–Trinajstić information content (AvgIpc) is 2.91. The molecule has 4 rings (SSSR count). The summed E-state index contributed by atoms with van der Waals surface area (Å²) < 4.78 is 16.1. The molecule has 0 aliphatic rings. The van der Waals surface area contributed by atoms with Gasteiger partial charge in [-0.2, -0.15) is 11.8 Å². The molecule has 190 valence electrons. The van der Waals surface area contributed by atoms with E-state index in [0.29, 0.717) is 33.8 Å². The van der Waals surface area contributed by atoms with Gasteiger partial charge >= 0.3 is 11.6 Å². The van der Waals surface area contributed by atoms with E-state index in [1.165, 1.54) is 23.9 Å². The van der Waals surface area contributed by atoms with Gasteiger partial charge in [0.15, 0.2) is 6.61 Å². The Morgan fingerprint density at radius 1 is 1.00 bits per heavy atom. The summed E-state index contributed by atoms with van der Waals surface area (Å²) in [5.74, 6) is 0.171. The molecule has 0 fully saturated rings. The largest absolute Gasteiger partial charge is 0.497 e. The molecule has 9 heteroatoms. The highest BCUT2D eigenvalue weighted by atomic mass is 32.2. The van der Waals surface area contributed by atoms with Crippen LogP contribution in [0.15, 0.2) is 88.1 Å². The Hall–Kier alpha value is -4.24. The summed E-state index contributed by atoms with van der Waals surface area (Å²) in [4.78, 5) is 36.2. The van der Waals surface area contributed by atoms with Crippen molar-refractivity contribution in [3.63, 3.8) is 0 Å². The first-order chi connectivity index (χ1) is 17.9. The van der Waals surface area contributed by atoms with Crippen molar-refractivity contribution in [3.05, 3.63) is 94.8 Å². The lowest BCUT2D eigenvalue weighted by Crippen LogP contribution is -2.44. The third kappa shape index (κ3) is 6.92. The fourth-order valence-corrected chi connectivity index (χ4v) is 4.68. The molecular formula is C28H25NO7S. The predicted octanol–water partition coefficient (Wildman–Crippen LogP) is 4.35. The molecule has 2 N–H and O–H groups in total. The van der Waals surface area contributed by atoms with Crippen molar-refractivity contribution in [3.8, 4) is 22.6 Å². The second kappa shape index (κ2) is 12.1. The van der Waals surface area contributed by atoms with Crippen LogP contribution in [0.5, 0.6) is 11.5 Å². The summed E-state index contributed by atoms with van der Waals surface area (Å²) in [6, 6.07) is 22.3. The molecule has 0 radical (unpaired) electrons. The van der Waals surface area contributed by atoms with Crippen molar-refractivity contribution in [2.24, 2.45) is 0 Å². The average molecular weight is 520 g/mol. The van der Waals surface area contributed by atoms with E-state index in [0.717, 1.165) is 11.1 Å². The van der Waals surface area contributed by atoms with Gasteiger partial charge in [-0.1, -0.05) is 42.5 Å². The zero-order chi connectivity index (χ0) is 26.2. The number of ether oxygens (including phenoxy) is 2. The summed E-state index contributed by atoms with van der Waals surface area (Å²) in [5, 5.41) is 12.7. The van der Waals surface area contributed by atoms with E-state index in [9.17, 15) is 19.5 Å². The SMILES string of the molecule is COc1ccc(-c2cc(=O)oc3cc(OCC(=O)NC(CSCc4ccccc4)C(=O)O)ccc23)cc1. The third-order valence-corrected chi connectivity index (χ3v) is 6.62. The molecule has 1 unspecified atom stereocenters. The van der Waals surface area contributed by atoms with Crippen LogP contribution in [0, 0.1) is 0 Å². The second-order valence-electron chi connectivity index (χ2n) is 8.11. The van der Waals surface area contributed by atoms with E-state index in [4.69, 9.17) is 13.9 Å². The molecule has 0 saturated heterocycles. The van der Waals surface area contributed by atoms with Gasteiger partial charge in [-0.15, -0.1) is 0 Å². The Balaban J connectivity index is 1.39. The predicted molar refractivity (Wildman–Crippen MR) is 142 cm³/mol. The molecule has 1 heterocycles. The van der Waals surface area contributed by atoms with Crippen LogP contribution in [0.2, 0.25) is 0 Å². The molecule has 0 spiro atoms. The van der Waals surface area contributed by atoms with Crippen LogP contribution in [0.1, 0.15) is 5.56 Å². The van der Waals surface area contributed by atoms with E-state index in [2.05, 4.69) is 5.32 Å². The molecule has 37 heavy (non-hydrogen) atoms. The highest BCUT2D eigenvalue weighted by Gasteiger charge is 2.20. The Morgan fingerprint density at radius 3 is 2.43 bits per heavy atom. The van der Waals surface area contributed by atoms with E-state index < -0.39 is 23.5 Å². The number of amides is 1. The van der Waals surface area contributed by atoms with Crippen molar-refractivity contribution in [2.45, 2.75) is 11.8 Å². The molecule has 1 amide bonds. The fourth-order valence-electron chi connectivity index (χ4n) is 3.67. The number of methoxy groups -OCH3 is 1. The number of carboxylic acid groups (broad SMARTS) is 1. The summed E-state index contributed by atoms with van der Waals surface area (Å²) in [6.45, 7) is -0.388. The summed E-state index contributed by atoms with van der Waals surface area (Å²) in [6.07, 6.45) is 0. The van der Waals surface area contributed by atoms with Gasteiger partial charge in [-0.25, -0.2) is 9.59 Å². The van der Waals surface area contributed by atoms with Crippen molar-refractivity contribution in [1.29, 1.82) is 0 Å². The first-order valence-electron chi connectivity index (χ1n) is 11.4. The Bertz CT molecular complexity index is 1430. The molecule has 4 aromatic rings. The number of carboxylic acids is 1. The molecule has 8 nitrogen and oxygen atoms in total. The van der Waals surface area contributed by atoms with Gasteiger partial charge in [0.2, 0.25) is 0 Å². The number of carbonyl (C=O) groups excluding carboxylic acids is 1. The lowest BCUT2D eigenvalue weighted by Gasteiger charge is -2.15. The zero-order valence-corrected chi connectivity index (χ0v) is 20.8. The minimum absolute atomic E-state index is 0.214. The molecule has 0 saturated carbocycles. The minimum Gasteiger partial charge on any atom is -0.497 e. The monoisotopic (exact) mass is 519 g/mol. The number of nitrogens with one attached hydrogen (secondary N) is 1. The maximum absolute atomic E-state index is 12.4. The van der Waals surface area contributed by atoms with Crippen molar-refractivity contribution < 1.29 is 28.6 Å². The minimum atomic E-state index is -1.12. The van der Waals surface area contributed by atoms with Crippen LogP contribution in [-0.4, -0.2) is 42.5 Å². The number of carbonyl (C=O) groups is 2. The van der Waals surface area contributed by atoms with Gasteiger partial charge in [0.05, 0.1) is 7.11 Å². The smallest absolute Gasteiger partial charge is 0.336 e. The second-order valence-corrected chi connectivity index (χ2v) is 9.14. The van der Waals surface area contributed by atoms with E-state index in [1.54, 1.807) is 31.4 Å². The van der Waals surface area contributed by atoms with Crippen LogP contribution < -0.4 is 20.4 Å². The van der Waals surface area contributed by atoms with E-state index in [1.807, 2.05) is 42.5 Å². The molecule has 0 aliphatic carbocycles. The van der Waals surface area contributed by atoms with Crippen molar-refractivity contribution in [2.75, 3.05) is 19.5 Å². The van der Waals surface area contributed by atoms with Crippen LogP contribution in [0.25, 0.3) is 22.1 Å². The number of rotatable bonds is 11. The highest BCUT2D eigenvalue weighted by Crippen LogP contribution is 2.30. The summed E-state index contributed by atoms with van der Waals surface area (Å²) >= 11 is 1.42. The number of fused-ring (bicyclic) bond motifs is 1. The number of hydrogen-bond donors (Lipinski definition) is 2. The zero-order valence-electron chi connectivity index (χ0n) is 20.0. The normalized spacial score (nSPS) is 11.6. The van der Waals surface area contributed by atoms with E-state index >= 15 is 0 Å². The number of benzene rings is 3. The number of hydrogen-bond acceptors (Lipinski definition) is 7. The maximum atomic E-state index is 12.4. The first-order valence-corrected chi connectivity index (χ1v) is 12.6. The highest BCUT2D eigenvalue weighted by molar-refractivity contribution is 7.98. The number of aliphatic carboxylic acids is 1. The topological polar surface area (TPSA) is 115 Å². The van der Waals surface area contributed by atoms with Crippen LogP contribution in [0.4, 0.5) is 0 Å². The Kier molecular flexibility index (Phi) is 8.48. The molecule has 0 bridgehead atoms. The summed E-state index contributed by atoms with van der Waals surface area (Å²) in [7, 11) is 1.58. The van der Waals surface area contributed by atoms with Gasteiger partial charge in [0.25, 0.3) is 5.91 Å².